The second-order valence-electron chi connectivity index (χ2n) is 7.39. The van der Waals surface area contributed by atoms with Crippen molar-refractivity contribution in [2.75, 3.05) is 7.11 Å². The molecule has 3 heterocycles. The summed E-state index contributed by atoms with van der Waals surface area (Å²) in [6.07, 6.45) is 6.22. The molecule has 4 rings (SSSR count). The maximum Gasteiger partial charge on any atom is 0.269 e. The van der Waals surface area contributed by atoms with Gasteiger partial charge in [-0.3, -0.25) is 4.79 Å². The van der Waals surface area contributed by atoms with E-state index >= 15 is 0 Å². The van der Waals surface area contributed by atoms with E-state index in [-0.39, 0.29) is 6.42 Å². The lowest BCUT2D eigenvalue weighted by atomic mass is 9.87. The molecular formula is C20H23F2N5O2S. The molecule has 1 fully saturated rings. The number of nitrogens with zero attached hydrogens (tertiary/aromatic N) is 3. The number of rotatable bonds is 5. The number of halogens is 2. The fraction of sp³-hybridized carbons (Fsp3) is 0.450. The number of alkyl halides is 2. The summed E-state index contributed by atoms with van der Waals surface area (Å²) in [5.41, 5.74) is 8.09. The Hall–Kier alpha value is -2.59. The zero-order chi connectivity index (χ0) is 21.5. The van der Waals surface area contributed by atoms with Crippen molar-refractivity contribution in [1.29, 1.82) is 0 Å². The van der Waals surface area contributed by atoms with Crippen LogP contribution in [0.3, 0.4) is 0 Å². The lowest BCUT2D eigenvalue weighted by Crippen LogP contribution is -2.59. The summed E-state index contributed by atoms with van der Waals surface area (Å²) in [5.74, 6) is -2.97. The molecule has 10 heteroatoms. The minimum Gasteiger partial charge on any atom is -0.494 e. The third-order valence-electron chi connectivity index (χ3n) is 5.43. The number of amides is 1. The number of ether oxygens (including phenoxy) is 1. The number of hydrogen-bond donors (Lipinski definition) is 2. The number of carbonyl (C=O) groups is 1. The zero-order valence-corrected chi connectivity index (χ0v) is 17.5. The molecule has 2 atom stereocenters. The molecule has 30 heavy (non-hydrogen) atoms. The molecule has 0 aliphatic heterocycles. The number of thiophene rings is 1. The maximum atomic E-state index is 14.3. The van der Waals surface area contributed by atoms with Crippen molar-refractivity contribution >= 4 is 22.9 Å². The highest BCUT2D eigenvalue weighted by molar-refractivity contribution is 7.14. The van der Waals surface area contributed by atoms with Gasteiger partial charge >= 0.3 is 0 Å². The summed E-state index contributed by atoms with van der Waals surface area (Å²) >= 11 is 1.28. The summed E-state index contributed by atoms with van der Waals surface area (Å²) in [7, 11) is 1.55. The standard InChI is InChI=1S/C20H23F2N5O2S/c1-3-15-12(13-9-25-27-10-11(29-2)8-24-18(13)27)7-16(30-15)19(28)26-17-14(23)5-4-6-20(17,21)22/h7-10,14,17H,3-6,23H2,1-2H3,(H,26,28). The summed E-state index contributed by atoms with van der Waals surface area (Å²) in [5, 5.41) is 6.80. The van der Waals surface area contributed by atoms with E-state index in [2.05, 4.69) is 15.4 Å². The lowest BCUT2D eigenvalue weighted by Gasteiger charge is -2.36. The van der Waals surface area contributed by atoms with Gasteiger partial charge in [0.1, 0.15) is 6.04 Å². The van der Waals surface area contributed by atoms with Gasteiger partial charge in [0.25, 0.3) is 11.8 Å². The van der Waals surface area contributed by atoms with Crippen LogP contribution in [0.5, 0.6) is 5.75 Å². The second kappa shape index (κ2) is 7.92. The van der Waals surface area contributed by atoms with Crippen LogP contribution in [0.15, 0.2) is 24.7 Å². The molecule has 3 aromatic heterocycles. The molecule has 3 N–H and O–H groups in total. The first-order valence-corrected chi connectivity index (χ1v) is 10.6. The molecule has 1 saturated carbocycles. The second-order valence-corrected chi connectivity index (χ2v) is 8.53. The Balaban J connectivity index is 1.65. The van der Waals surface area contributed by atoms with E-state index < -0.39 is 23.9 Å². The highest BCUT2D eigenvalue weighted by Crippen LogP contribution is 2.36. The van der Waals surface area contributed by atoms with Crippen LogP contribution < -0.4 is 15.8 Å². The van der Waals surface area contributed by atoms with Gasteiger partial charge < -0.3 is 15.8 Å². The fourth-order valence-corrected chi connectivity index (χ4v) is 4.84. The van der Waals surface area contributed by atoms with Crippen LogP contribution in [0.25, 0.3) is 16.8 Å². The zero-order valence-electron chi connectivity index (χ0n) is 16.7. The van der Waals surface area contributed by atoms with E-state index in [4.69, 9.17) is 10.5 Å². The van der Waals surface area contributed by atoms with E-state index in [1.54, 1.807) is 36.3 Å². The Bertz CT molecular complexity index is 1080. The average Bonchev–Trinajstić information content (AvgIpc) is 3.33. The predicted molar refractivity (Wildman–Crippen MR) is 110 cm³/mol. The van der Waals surface area contributed by atoms with Crippen molar-refractivity contribution < 1.29 is 18.3 Å². The van der Waals surface area contributed by atoms with Crippen LogP contribution in [-0.2, 0) is 6.42 Å². The minimum absolute atomic E-state index is 0.265. The van der Waals surface area contributed by atoms with Crippen LogP contribution in [0.4, 0.5) is 8.78 Å². The smallest absolute Gasteiger partial charge is 0.269 e. The summed E-state index contributed by atoms with van der Waals surface area (Å²) in [6.45, 7) is 1.98. The molecule has 1 aliphatic rings. The van der Waals surface area contributed by atoms with E-state index in [9.17, 15) is 13.6 Å². The molecule has 0 saturated heterocycles. The number of aromatic nitrogens is 3. The number of aryl methyl sites for hydroxylation is 1. The van der Waals surface area contributed by atoms with Crippen LogP contribution in [0.2, 0.25) is 0 Å². The molecule has 7 nitrogen and oxygen atoms in total. The molecular weight excluding hydrogens is 412 g/mol. The largest absolute Gasteiger partial charge is 0.494 e. The molecule has 0 radical (unpaired) electrons. The monoisotopic (exact) mass is 435 g/mol. The maximum absolute atomic E-state index is 14.3. The van der Waals surface area contributed by atoms with Crippen molar-refractivity contribution in [3.8, 4) is 16.9 Å². The van der Waals surface area contributed by atoms with Gasteiger partial charge in [-0.05, 0) is 25.3 Å². The van der Waals surface area contributed by atoms with Crippen molar-refractivity contribution in [1.82, 2.24) is 19.9 Å². The highest BCUT2D eigenvalue weighted by Gasteiger charge is 2.46. The molecule has 3 aromatic rings. The Labute approximate surface area is 176 Å². The lowest BCUT2D eigenvalue weighted by molar-refractivity contribution is -0.0674. The van der Waals surface area contributed by atoms with E-state index in [1.807, 2.05) is 6.92 Å². The third-order valence-corrected chi connectivity index (χ3v) is 6.71. The van der Waals surface area contributed by atoms with Crippen LogP contribution >= 0.6 is 11.3 Å². The van der Waals surface area contributed by atoms with Gasteiger partial charge in [-0.1, -0.05) is 6.92 Å². The van der Waals surface area contributed by atoms with Crippen LogP contribution in [-0.4, -0.2) is 45.6 Å². The van der Waals surface area contributed by atoms with Gasteiger partial charge in [0.2, 0.25) is 0 Å². The molecule has 0 bridgehead atoms. The van der Waals surface area contributed by atoms with Crippen molar-refractivity contribution in [3.05, 3.63) is 34.4 Å². The van der Waals surface area contributed by atoms with E-state index in [0.717, 1.165) is 16.0 Å². The highest BCUT2D eigenvalue weighted by atomic mass is 32.1. The number of nitrogens with one attached hydrogen (secondary N) is 1. The van der Waals surface area contributed by atoms with Crippen LogP contribution in [0, 0.1) is 0 Å². The quantitative estimate of drug-likeness (QED) is 0.641. The summed E-state index contributed by atoms with van der Waals surface area (Å²) in [4.78, 5) is 18.5. The summed E-state index contributed by atoms with van der Waals surface area (Å²) < 4.78 is 35.3. The molecule has 1 amide bonds. The molecule has 0 spiro atoms. The molecule has 0 aromatic carbocycles. The van der Waals surface area contributed by atoms with Gasteiger partial charge in [0.15, 0.2) is 11.4 Å². The van der Waals surface area contributed by atoms with Crippen molar-refractivity contribution in [2.24, 2.45) is 5.73 Å². The first-order valence-electron chi connectivity index (χ1n) is 9.78. The first kappa shape index (κ1) is 20.7. The topological polar surface area (TPSA) is 94.5 Å². The SMILES string of the molecule is CCc1sc(C(=O)NC2C(N)CCCC2(F)F)cc1-c1cnn2cc(OC)cnc12. The van der Waals surface area contributed by atoms with Gasteiger partial charge in [0.05, 0.1) is 30.6 Å². The van der Waals surface area contributed by atoms with Crippen LogP contribution in [0.1, 0.15) is 40.7 Å². The minimum atomic E-state index is -3.01. The Morgan fingerprint density at radius 2 is 2.23 bits per heavy atom. The Morgan fingerprint density at radius 3 is 2.93 bits per heavy atom. The fourth-order valence-electron chi connectivity index (χ4n) is 3.82. The van der Waals surface area contributed by atoms with Crippen molar-refractivity contribution in [3.63, 3.8) is 0 Å². The number of methoxy groups -OCH3 is 1. The number of fused-ring (bicyclic) bond motifs is 1. The van der Waals surface area contributed by atoms with Gasteiger partial charge in [-0.2, -0.15) is 5.10 Å². The third kappa shape index (κ3) is 3.65. The van der Waals surface area contributed by atoms with E-state index in [1.165, 1.54) is 11.3 Å². The number of nitrogens with two attached hydrogens (primary N) is 1. The predicted octanol–water partition coefficient (Wildman–Crippen LogP) is 3.27. The van der Waals surface area contributed by atoms with Gasteiger partial charge in [0, 0.05) is 28.5 Å². The molecule has 1 aliphatic carbocycles. The Morgan fingerprint density at radius 1 is 1.43 bits per heavy atom. The van der Waals surface area contributed by atoms with Gasteiger partial charge in [-0.25, -0.2) is 18.3 Å². The van der Waals surface area contributed by atoms with E-state index in [0.29, 0.717) is 35.5 Å². The molecule has 160 valence electrons. The van der Waals surface area contributed by atoms with Gasteiger partial charge in [-0.15, -0.1) is 11.3 Å². The first-order chi connectivity index (χ1) is 14.3. The molecule has 2 unspecified atom stereocenters. The van der Waals surface area contributed by atoms with Crippen molar-refractivity contribution in [2.45, 2.75) is 50.6 Å². The Kier molecular flexibility index (Phi) is 5.46. The number of carbonyl (C=O) groups excluding carboxylic acids is 1. The summed E-state index contributed by atoms with van der Waals surface area (Å²) in [6, 6.07) is -0.407. The average molecular weight is 436 g/mol. The number of hydrogen-bond acceptors (Lipinski definition) is 6. The normalized spacial score (nSPS) is 21.0.